The SMILES string of the molecule is C=CCN(CC(=O)O)C(=O)[C@H]1Cc2ccccc2CN1. The van der Waals surface area contributed by atoms with Crippen molar-refractivity contribution in [1.29, 1.82) is 0 Å². The summed E-state index contributed by atoms with van der Waals surface area (Å²) >= 11 is 0. The van der Waals surface area contributed by atoms with Gasteiger partial charge < -0.3 is 15.3 Å². The normalized spacial score (nSPS) is 17.1. The van der Waals surface area contributed by atoms with E-state index in [0.29, 0.717) is 13.0 Å². The summed E-state index contributed by atoms with van der Waals surface area (Å²) in [5.41, 5.74) is 2.32. The van der Waals surface area contributed by atoms with E-state index in [4.69, 9.17) is 5.11 Å². The highest BCUT2D eigenvalue weighted by Gasteiger charge is 2.28. The lowest BCUT2D eigenvalue weighted by atomic mass is 9.95. The lowest BCUT2D eigenvalue weighted by Gasteiger charge is -2.29. The van der Waals surface area contributed by atoms with Gasteiger partial charge in [-0.05, 0) is 17.5 Å². The van der Waals surface area contributed by atoms with Crippen LogP contribution in [0.3, 0.4) is 0 Å². The minimum absolute atomic E-state index is 0.193. The Hall–Kier alpha value is -2.14. The van der Waals surface area contributed by atoms with Crippen molar-refractivity contribution in [3.63, 3.8) is 0 Å². The second kappa shape index (κ2) is 6.34. The Labute approximate surface area is 117 Å². The molecule has 5 nitrogen and oxygen atoms in total. The fourth-order valence-corrected chi connectivity index (χ4v) is 2.40. The quantitative estimate of drug-likeness (QED) is 0.779. The van der Waals surface area contributed by atoms with E-state index in [0.717, 1.165) is 5.56 Å². The summed E-state index contributed by atoms with van der Waals surface area (Å²) in [7, 11) is 0. The van der Waals surface area contributed by atoms with Crippen LogP contribution < -0.4 is 5.32 Å². The number of rotatable bonds is 5. The van der Waals surface area contributed by atoms with E-state index in [-0.39, 0.29) is 25.0 Å². The Morgan fingerprint density at radius 1 is 1.40 bits per heavy atom. The van der Waals surface area contributed by atoms with Crippen LogP contribution in [-0.4, -0.2) is 41.0 Å². The fourth-order valence-electron chi connectivity index (χ4n) is 2.40. The number of carbonyl (C=O) groups excluding carboxylic acids is 1. The number of fused-ring (bicyclic) bond motifs is 1. The summed E-state index contributed by atoms with van der Waals surface area (Å²) in [5.74, 6) is -1.21. The Bertz CT molecular complexity index is 528. The van der Waals surface area contributed by atoms with Crippen molar-refractivity contribution >= 4 is 11.9 Å². The van der Waals surface area contributed by atoms with Gasteiger partial charge in [0.25, 0.3) is 0 Å². The van der Waals surface area contributed by atoms with Gasteiger partial charge in [0.15, 0.2) is 0 Å². The molecule has 1 aromatic carbocycles. The van der Waals surface area contributed by atoms with Gasteiger partial charge in [0.1, 0.15) is 6.54 Å². The molecule has 0 unspecified atom stereocenters. The van der Waals surface area contributed by atoms with E-state index in [1.165, 1.54) is 16.5 Å². The van der Waals surface area contributed by atoms with Gasteiger partial charge in [0.2, 0.25) is 5.91 Å². The van der Waals surface area contributed by atoms with E-state index in [1.54, 1.807) is 0 Å². The Kier molecular flexibility index (Phi) is 4.53. The third kappa shape index (κ3) is 3.24. The van der Waals surface area contributed by atoms with Crippen molar-refractivity contribution in [2.24, 2.45) is 0 Å². The predicted molar refractivity (Wildman–Crippen MR) is 75.2 cm³/mol. The van der Waals surface area contributed by atoms with Crippen LogP contribution in [0.4, 0.5) is 0 Å². The second-order valence-corrected chi connectivity index (χ2v) is 4.81. The van der Waals surface area contributed by atoms with Crippen molar-refractivity contribution < 1.29 is 14.7 Å². The van der Waals surface area contributed by atoms with Gasteiger partial charge in [0, 0.05) is 13.1 Å². The summed E-state index contributed by atoms with van der Waals surface area (Å²) in [5, 5.41) is 12.0. The molecule has 5 heteroatoms. The van der Waals surface area contributed by atoms with Crippen LogP contribution in [0.15, 0.2) is 36.9 Å². The Balaban J connectivity index is 2.09. The fraction of sp³-hybridized carbons (Fsp3) is 0.333. The van der Waals surface area contributed by atoms with Gasteiger partial charge in [-0.1, -0.05) is 30.3 Å². The van der Waals surface area contributed by atoms with E-state index in [2.05, 4.69) is 11.9 Å². The minimum Gasteiger partial charge on any atom is -0.480 e. The summed E-state index contributed by atoms with van der Waals surface area (Å²) in [4.78, 5) is 24.5. The van der Waals surface area contributed by atoms with E-state index in [9.17, 15) is 9.59 Å². The summed E-state index contributed by atoms with van der Waals surface area (Å²) in [6.07, 6.45) is 2.12. The lowest BCUT2D eigenvalue weighted by molar-refractivity contribution is -0.145. The maximum atomic E-state index is 12.4. The number of carboxylic acid groups (broad SMARTS) is 1. The molecule has 1 aliphatic heterocycles. The zero-order chi connectivity index (χ0) is 14.5. The van der Waals surface area contributed by atoms with E-state index in [1.807, 2.05) is 24.3 Å². The number of benzene rings is 1. The highest BCUT2D eigenvalue weighted by Crippen LogP contribution is 2.17. The van der Waals surface area contributed by atoms with Crippen molar-refractivity contribution in [1.82, 2.24) is 10.2 Å². The first-order chi connectivity index (χ1) is 9.61. The average Bonchev–Trinajstić information content (AvgIpc) is 2.45. The maximum Gasteiger partial charge on any atom is 0.323 e. The molecule has 0 aliphatic carbocycles. The van der Waals surface area contributed by atoms with Crippen LogP contribution in [-0.2, 0) is 22.6 Å². The van der Waals surface area contributed by atoms with Crippen molar-refractivity contribution in [2.45, 2.75) is 19.0 Å². The highest BCUT2D eigenvalue weighted by molar-refractivity contribution is 5.86. The maximum absolute atomic E-state index is 12.4. The van der Waals surface area contributed by atoms with Crippen LogP contribution in [0.1, 0.15) is 11.1 Å². The summed E-state index contributed by atoms with van der Waals surface area (Å²) < 4.78 is 0. The van der Waals surface area contributed by atoms with Gasteiger partial charge in [-0.15, -0.1) is 6.58 Å². The number of amides is 1. The number of carbonyl (C=O) groups is 2. The van der Waals surface area contributed by atoms with Crippen LogP contribution in [0, 0.1) is 0 Å². The standard InChI is InChI=1S/C15H18N2O3/c1-2-7-17(10-14(18)19)15(20)13-8-11-5-3-4-6-12(11)9-16-13/h2-6,13,16H,1,7-10H2,(H,18,19)/t13-/m1/s1. The number of aliphatic carboxylic acids is 1. The monoisotopic (exact) mass is 274 g/mol. The molecule has 106 valence electrons. The zero-order valence-electron chi connectivity index (χ0n) is 11.2. The molecule has 1 atom stereocenters. The Morgan fingerprint density at radius 3 is 2.75 bits per heavy atom. The molecular weight excluding hydrogens is 256 g/mol. The predicted octanol–water partition coefficient (Wildman–Crippen LogP) is 0.800. The number of carboxylic acids is 1. The smallest absolute Gasteiger partial charge is 0.323 e. The van der Waals surface area contributed by atoms with Gasteiger partial charge in [0.05, 0.1) is 6.04 Å². The van der Waals surface area contributed by atoms with E-state index >= 15 is 0 Å². The zero-order valence-corrected chi connectivity index (χ0v) is 11.2. The highest BCUT2D eigenvalue weighted by atomic mass is 16.4. The molecule has 0 bridgehead atoms. The van der Waals surface area contributed by atoms with Crippen LogP contribution in [0.5, 0.6) is 0 Å². The molecule has 1 amide bonds. The van der Waals surface area contributed by atoms with Gasteiger partial charge in [-0.25, -0.2) is 0 Å². The van der Waals surface area contributed by atoms with Crippen LogP contribution in [0.2, 0.25) is 0 Å². The summed E-state index contributed by atoms with van der Waals surface area (Å²) in [6.45, 7) is 4.13. The van der Waals surface area contributed by atoms with E-state index < -0.39 is 5.97 Å². The largest absolute Gasteiger partial charge is 0.480 e. The van der Waals surface area contributed by atoms with Gasteiger partial charge in [-0.2, -0.15) is 0 Å². The molecule has 0 saturated heterocycles. The molecule has 0 aromatic heterocycles. The third-order valence-electron chi connectivity index (χ3n) is 3.37. The molecule has 1 heterocycles. The third-order valence-corrected chi connectivity index (χ3v) is 3.37. The topological polar surface area (TPSA) is 69.6 Å². The molecule has 2 N–H and O–H groups in total. The van der Waals surface area contributed by atoms with Crippen molar-refractivity contribution in [2.75, 3.05) is 13.1 Å². The lowest BCUT2D eigenvalue weighted by Crippen LogP contribution is -2.50. The average molecular weight is 274 g/mol. The molecule has 0 radical (unpaired) electrons. The second-order valence-electron chi connectivity index (χ2n) is 4.81. The first kappa shape index (κ1) is 14.3. The molecule has 0 spiro atoms. The van der Waals surface area contributed by atoms with Gasteiger partial charge in [-0.3, -0.25) is 9.59 Å². The molecule has 0 fully saturated rings. The molecular formula is C15H18N2O3. The summed E-state index contributed by atoms with van der Waals surface area (Å²) in [6, 6.07) is 7.58. The minimum atomic E-state index is -1.02. The Morgan fingerprint density at radius 2 is 2.10 bits per heavy atom. The number of nitrogens with one attached hydrogen (secondary N) is 1. The molecule has 0 saturated carbocycles. The van der Waals surface area contributed by atoms with Crippen LogP contribution >= 0.6 is 0 Å². The molecule has 1 aliphatic rings. The van der Waals surface area contributed by atoms with Crippen molar-refractivity contribution in [3.05, 3.63) is 48.0 Å². The number of hydrogen-bond donors (Lipinski definition) is 2. The number of nitrogens with zero attached hydrogens (tertiary/aromatic N) is 1. The van der Waals surface area contributed by atoms with Gasteiger partial charge >= 0.3 is 5.97 Å². The number of hydrogen-bond acceptors (Lipinski definition) is 3. The first-order valence-corrected chi connectivity index (χ1v) is 6.53. The van der Waals surface area contributed by atoms with Crippen LogP contribution in [0.25, 0.3) is 0 Å². The molecule has 2 rings (SSSR count). The first-order valence-electron chi connectivity index (χ1n) is 6.53. The molecule has 1 aromatic rings. The van der Waals surface area contributed by atoms with Crippen molar-refractivity contribution in [3.8, 4) is 0 Å². The molecule has 20 heavy (non-hydrogen) atoms.